The van der Waals surface area contributed by atoms with Crippen LogP contribution in [0.5, 0.6) is 0 Å². The SMILES string of the molecule is C/C(=C\C#N)C(=O)O.C=C(C#N)C(=O)O. The van der Waals surface area contributed by atoms with Gasteiger partial charge >= 0.3 is 11.9 Å². The number of carbonyl (C=O) groups is 2. The fourth-order valence-electron chi connectivity index (χ4n) is 0.206. The maximum atomic E-state index is 9.87. The second-order valence-corrected chi connectivity index (χ2v) is 2.16. The van der Waals surface area contributed by atoms with Crippen molar-refractivity contribution < 1.29 is 19.8 Å². The van der Waals surface area contributed by atoms with Crippen LogP contribution in [0.25, 0.3) is 0 Å². The average molecular weight is 208 g/mol. The number of hydrogen-bond acceptors (Lipinski definition) is 4. The van der Waals surface area contributed by atoms with Gasteiger partial charge in [-0.25, -0.2) is 9.59 Å². The summed E-state index contributed by atoms with van der Waals surface area (Å²) in [4.78, 5) is 19.5. The minimum atomic E-state index is -1.26. The summed E-state index contributed by atoms with van der Waals surface area (Å²) in [7, 11) is 0. The number of carboxylic acids is 2. The molecule has 6 heteroatoms. The van der Waals surface area contributed by atoms with Gasteiger partial charge in [-0.3, -0.25) is 0 Å². The second-order valence-electron chi connectivity index (χ2n) is 2.16. The largest absolute Gasteiger partial charge is 0.478 e. The summed E-state index contributed by atoms with van der Waals surface area (Å²) in [5.74, 6) is -2.31. The van der Waals surface area contributed by atoms with Crippen molar-refractivity contribution in [3.05, 3.63) is 23.8 Å². The topological polar surface area (TPSA) is 122 Å². The van der Waals surface area contributed by atoms with E-state index in [1.54, 1.807) is 6.07 Å². The lowest BCUT2D eigenvalue weighted by Crippen LogP contribution is -1.94. The molecule has 0 aliphatic rings. The van der Waals surface area contributed by atoms with Crippen LogP contribution in [0, 0.1) is 22.7 Å². The third-order valence-electron chi connectivity index (χ3n) is 1.01. The van der Waals surface area contributed by atoms with Crippen LogP contribution >= 0.6 is 0 Å². The fourth-order valence-corrected chi connectivity index (χ4v) is 0.206. The smallest absolute Gasteiger partial charge is 0.345 e. The van der Waals surface area contributed by atoms with E-state index in [-0.39, 0.29) is 5.57 Å². The number of carboxylic acid groups (broad SMARTS) is 2. The Hall–Kier alpha value is -2.60. The molecule has 0 atom stereocenters. The highest BCUT2D eigenvalue weighted by Gasteiger charge is 1.97. The van der Waals surface area contributed by atoms with Crippen molar-refractivity contribution in [2.75, 3.05) is 0 Å². The van der Waals surface area contributed by atoms with Crippen molar-refractivity contribution in [3.8, 4) is 12.1 Å². The van der Waals surface area contributed by atoms with Crippen molar-refractivity contribution in [2.45, 2.75) is 6.92 Å². The standard InChI is InChI=1S/C5H5NO2.C4H3NO2/c1-4(2-3-6)5(7)8;1-3(2-5)4(6)7/h2H,1H3,(H,7,8);1H2,(H,6,7)/b4-2+;. The Bertz CT molecular complexity index is 382. The molecule has 0 saturated carbocycles. The summed E-state index contributed by atoms with van der Waals surface area (Å²) < 4.78 is 0. The average Bonchev–Trinajstić information content (AvgIpc) is 2.17. The number of nitrogens with zero attached hydrogens (tertiary/aromatic N) is 2. The number of allylic oxidation sites excluding steroid dienone is 1. The number of hydrogen-bond donors (Lipinski definition) is 2. The lowest BCUT2D eigenvalue weighted by molar-refractivity contribution is -0.133. The van der Waals surface area contributed by atoms with Crippen LogP contribution in [0.1, 0.15) is 6.92 Å². The molecule has 0 aromatic heterocycles. The van der Waals surface area contributed by atoms with E-state index in [0.29, 0.717) is 0 Å². The van der Waals surface area contributed by atoms with Gasteiger partial charge in [0.05, 0.1) is 6.07 Å². The molecule has 0 aliphatic heterocycles. The van der Waals surface area contributed by atoms with Gasteiger partial charge in [-0.2, -0.15) is 10.5 Å². The van der Waals surface area contributed by atoms with Gasteiger partial charge in [0.2, 0.25) is 0 Å². The Labute approximate surface area is 86.0 Å². The summed E-state index contributed by atoms with van der Waals surface area (Å²) in [6, 6.07) is 2.98. The van der Waals surface area contributed by atoms with Gasteiger partial charge in [0.1, 0.15) is 11.6 Å². The summed E-state index contributed by atoms with van der Waals surface area (Å²) >= 11 is 0. The third-order valence-corrected chi connectivity index (χ3v) is 1.01. The van der Waals surface area contributed by atoms with Crippen LogP contribution in [-0.4, -0.2) is 22.2 Å². The van der Waals surface area contributed by atoms with E-state index in [4.69, 9.17) is 20.7 Å². The summed E-state index contributed by atoms with van der Waals surface area (Å²) in [5, 5.41) is 31.6. The van der Waals surface area contributed by atoms with Crippen molar-refractivity contribution in [2.24, 2.45) is 0 Å². The Morgan fingerprint density at radius 1 is 1.27 bits per heavy atom. The quantitative estimate of drug-likeness (QED) is 0.508. The molecule has 0 bridgehead atoms. The van der Waals surface area contributed by atoms with Crippen molar-refractivity contribution >= 4 is 11.9 Å². The molecule has 0 heterocycles. The Balaban J connectivity index is 0. The Kier molecular flexibility index (Phi) is 7.97. The molecule has 0 rings (SSSR count). The van der Waals surface area contributed by atoms with Crippen LogP contribution in [0.4, 0.5) is 0 Å². The zero-order chi connectivity index (χ0) is 12.4. The second kappa shape index (κ2) is 8.02. The lowest BCUT2D eigenvalue weighted by Gasteiger charge is -1.82. The first-order valence-electron chi connectivity index (χ1n) is 3.48. The molecule has 0 radical (unpaired) electrons. The molecule has 0 spiro atoms. The van der Waals surface area contributed by atoms with E-state index >= 15 is 0 Å². The Morgan fingerprint density at radius 2 is 1.73 bits per heavy atom. The van der Waals surface area contributed by atoms with Gasteiger partial charge in [-0.05, 0) is 6.92 Å². The first-order chi connectivity index (χ1) is 6.86. The van der Waals surface area contributed by atoms with Gasteiger partial charge in [-0.1, -0.05) is 6.58 Å². The minimum Gasteiger partial charge on any atom is -0.478 e. The lowest BCUT2D eigenvalue weighted by atomic mass is 10.3. The van der Waals surface area contributed by atoms with Crippen molar-refractivity contribution in [1.82, 2.24) is 0 Å². The van der Waals surface area contributed by atoms with E-state index in [1.165, 1.54) is 13.0 Å². The van der Waals surface area contributed by atoms with Crippen LogP contribution in [0.2, 0.25) is 0 Å². The highest BCUT2D eigenvalue weighted by Crippen LogP contribution is 1.88. The third kappa shape index (κ3) is 9.31. The van der Waals surface area contributed by atoms with Gasteiger partial charge in [-0.15, -0.1) is 0 Å². The van der Waals surface area contributed by atoms with E-state index in [2.05, 4.69) is 6.58 Å². The molecule has 0 fully saturated rings. The maximum absolute atomic E-state index is 9.87. The highest BCUT2D eigenvalue weighted by molar-refractivity contribution is 5.90. The first-order valence-corrected chi connectivity index (χ1v) is 3.48. The minimum absolute atomic E-state index is 0.0625. The predicted molar refractivity (Wildman–Crippen MR) is 49.4 cm³/mol. The zero-order valence-electron chi connectivity index (χ0n) is 7.89. The van der Waals surface area contributed by atoms with E-state index in [1.807, 2.05) is 0 Å². The molecule has 0 saturated heterocycles. The molecule has 0 aromatic rings. The monoisotopic (exact) mass is 208 g/mol. The van der Waals surface area contributed by atoms with Gasteiger partial charge in [0, 0.05) is 11.6 Å². The molecular formula is C9H8N2O4. The van der Waals surface area contributed by atoms with E-state index < -0.39 is 17.5 Å². The number of nitriles is 2. The zero-order valence-corrected chi connectivity index (χ0v) is 7.89. The van der Waals surface area contributed by atoms with Crippen molar-refractivity contribution in [1.29, 1.82) is 10.5 Å². The predicted octanol–water partition coefficient (Wildman–Crippen LogP) is 0.692. The highest BCUT2D eigenvalue weighted by atomic mass is 16.4. The maximum Gasteiger partial charge on any atom is 0.345 e. The van der Waals surface area contributed by atoms with E-state index in [9.17, 15) is 9.59 Å². The molecule has 78 valence electrons. The fraction of sp³-hybridized carbons (Fsp3) is 0.111. The molecule has 0 aliphatic carbocycles. The summed E-state index contributed by atoms with van der Waals surface area (Å²) in [6.45, 7) is 4.28. The first kappa shape index (κ1) is 14.9. The summed E-state index contributed by atoms with van der Waals surface area (Å²) in [5.41, 5.74) is -0.368. The number of rotatable bonds is 2. The Morgan fingerprint density at radius 3 is 1.80 bits per heavy atom. The van der Waals surface area contributed by atoms with Crippen LogP contribution in [-0.2, 0) is 9.59 Å². The van der Waals surface area contributed by atoms with Crippen molar-refractivity contribution in [3.63, 3.8) is 0 Å². The van der Waals surface area contributed by atoms with Crippen LogP contribution in [0.3, 0.4) is 0 Å². The molecule has 0 aromatic carbocycles. The normalized spacial score (nSPS) is 8.60. The molecule has 0 amide bonds. The molecule has 6 nitrogen and oxygen atoms in total. The molecular weight excluding hydrogens is 200 g/mol. The summed E-state index contributed by atoms with van der Waals surface area (Å²) in [6.07, 6.45) is 0.988. The van der Waals surface area contributed by atoms with Gasteiger partial charge in [0.15, 0.2) is 0 Å². The van der Waals surface area contributed by atoms with E-state index in [0.717, 1.165) is 6.08 Å². The van der Waals surface area contributed by atoms with Crippen LogP contribution < -0.4 is 0 Å². The number of aliphatic carboxylic acids is 2. The van der Waals surface area contributed by atoms with Crippen LogP contribution in [0.15, 0.2) is 23.8 Å². The molecule has 0 unspecified atom stereocenters. The van der Waals surface area contributed by atoms with Gasteiger partial charge in [0.25, 0.3) is 0 Å². The van der Waals surface area contributed by atoms with Gasteiger partial charge < -0.3 is 10.2 Å². The molecule has 15 heavy (non-hydrogen) atoms. The molecule has 2 N–H and O–H groups in total.